The number of nitrogens with two attached hydrogens (primary N) is 1. The minimum Gasteiger partial charge on any atom is -0.375 e. The van der Waals surface area contributed by atoms with E-state index in [0.29, 0.717) is 24.8 Å². The molecule has 0 aromatic heterocycles. The fourth-order valence-electron chi connectivity index (χ4n) is 2.67. The van der Waals surface area contributed by atoms with Gasteiger partial charge in [0.05, 0.1) is 19.3 Å². The third-order valence-electron chi connectivity index (χ3n) is 3.59. The number of primary amides is 1. The Labute approximate surface area is 106 Å². The molecular weight excluding hydrogens is 230 g/mol. The zero-order valence-corrected chi connectivity index (χ0v) is 10.2. The summed E-state index contributed by atoms with van der Waals surface area (Å²) in [5.74, 6) is -0.390. The van der Waals surface area contributed by atoms with E-state index in [4.69, 9.17) is 10.5 Å². The van der Waals surface area contributed by atoms with Crippen molar-refractivity contribution in [3.63, 3.8) is 0 Å². The number of anilines is 1. The smallest absolute Gasteiger partial charge is 0.248 e. The van der Waals surface area contributed by atoms with Gasteiger partial charge in [-0.2, -0.15) is 0 Å². The first-order chi connectivity index (χ1) is 8.75. The van der Waals surface area contributed by atoms with Gasteiger partial charge in [-0.3, -0.25) is 4.79 Å². The number of amides is 1. The molecule has 5 heteroatoms. The molecule has 1 aromatic rings. The number of piperazine rings is 1. The van der Waals surface area contributed by atoms with Crippen molar-refractivity contribution in [1.82, 2.24) is 5.32 Å². The highest BCUT2D eigenvalue weighted by Crippen LogP contribution is 2.28. The number of ether oxygens (including phenoxy) is 1. The van der Waals surface area contributed by atoms with Gasteiger partial charge in [-0.1, -0.05) is 0 Å². The lowest BCUT2D eigenvalue weighted by molar-refractivity contribution is 0.0999. The first kappa shape index (κ1) is 11.5. The van der Waals surface area contributed by atoms with Crippen LogP contribution in [0.1, 0.15) is 15.9 Å². The number of nitrogens with one attached hydrogen (secondary N) is 1. The Bertz CT molecular complexity index is 475. The van der Waals surface area contributed by atoms with Crippen molar-refractivity contribution < 1.29 is 9.53 Å². The Morgan fingerprint density at radius 3 is 3.22 bits per heavy atom. The van der Waals surface area contributed by atoms with Crippen LogP contribution in [0, 0.1) is 0 Å². The normalized spacial score (nSPS) is 22.9. The molecule has 1 atom stereocenters. The van der Waals surface area contributed by atoms with E-state index in [9.17, 15) is 4.79 Å². The fourth-order valence-corrected chi connectivity index (χ4v) is 2.67. The van der Waals surface area contributed by atoms with E-state index in [2.05, 4.69) is 10.2 Å². The lowest BCUT2D eigenvalue weighted by Gasteiger charge is -2.36. The SMILES string of the molecule is NC(=O)c1ccc2c(c1)COCC1CNCCN21. The van der Waals surface area contributed by atoms with E-state index >= 15 is 0 Å². The van der Waals surface area contributed by atoms with Gasteiger partial charge in [0.15, 0.2) is 0 Å². The summed E-state index contributed by atoms with van der Waals surface area (Å²) in [5.41, 5.74) is 8.08. The minimum absolute atomic E-state index is 0.374. The van der Waals surface area contributed by atoms with E-state index in [1.165, 1.54) is 5.69 Å². The van der Waals surface area contributed by atoms with Crippen LogP contribution >= 0.6 is 0 Å². The van der Waals surface area contributed by atoms with Crippen molar-refractivity contribution in [2.45, 2.75) is 12.6 Å². The van der Waals surface area contributed by atoms with Crippen LogP contribution in [-0.4, -0.2) is 38.2 Å². The summed E-state index contributed by atoms with van der Waals surface area (Å²) in [6.07, 6.45) is 0. The number of carbonyl (C=O) groups excluding carboxylic acids is 1. The molecule has 0 aliphatic carbocycles. The maximum Gasteiger partial charge on any atom is 0.248 e. The molecule has 0 radical (unpaired) electrons. The second kappa shape index (κ2) is 4.59. The second-order valence-corrected chi connectivity index (χ2v) is 4.77. The van der Waals surface area contributed by atoms with Gasteiger partial charge in [0.25, 0.3) is 0 Å². The summed E-state index contributed by atoms with van der Waals surface area (Å²) in [7, 11) is 0. The molecule has 0 bridgehead atoms. The standard InChI is InChI=1S/C13H17N3O2/c14-13(17)9-1-2-12-10(5-9)7-18-8-11-6-15-3-4-16(11)12/h1-2,5,11,15H,3-4,6-8H2,(H2,14,17). The fraction of sp³-hybridized carbons (Fsp3) is 0.462. The molecule has 2 aliphatic rings. The Kier molecular flexibility index (Phi) is 2.93. The summed E-state index contributed by atoms with van der Waals surface area (Å²) in [6, 6.07) is 6.01. The number of hydrogen-bond donors (Lipinski definition) is 2. The van der Waals surface area contributed by atoms with E-state index in [0.717, 1.165) is 25.2 Å². The van der Waals surface area contributed by atoms with Crippen LogP contribution in [0.5, 0.6) is 0 Å². The number of hydrogen-bond acceptors (Lipinski definition) is 4. The zero-order chi connectivity index (χ0) is 12.5. The van der Waals surface area contributed by atoms with Crippen molar-refractivity contribution >= 4 is 11.6 Å². The predicted octanol–water partition coefficient (Wildman–Crippen LogP) is 0.0939. The van der Waals surface area contributed by atoms with Crippen LogP contribution in [0.3, 0.4) is 0 Å². The van der Waals surface area contributed by atoms with Crippen molar-refractivity contribution in [2.24, 2.45) is 5.73 Å². The van der Waals surface area contributed by atoms with Gasteiger partial charge in [0.1, 0.15) is 0 Å². The Morgan fingerprint density at radius 2 is 2.39 bits per heavy atom. The third kappa shape index (κ3) is 1.95. The lowest BCUT2D eigenvalue weighted by atomic mass is 10.1. The number of fused-ring (bicyclic) bond motifs is 3. The monoisotopic (exact) mass is 247 g/mol. The number of nitrogens with zero attached hydrogens (tertiary/aromatic N) is 1. The quantitative estimate of drug-likeness (QED) is 0.738. The average molecular weight is 247 g/mol. The first-order valence-electron chi connectivity index (χ1n) is 6.23. The van der Waals surface area contributed by atoms with Gasteiger partial charge >= 0.3 is 0 Å². The summed E-state index contributed by atoms with van der Waals surface area (Å²) in [5, 5.41) is 3.38. The minimum atomic E-state index is -0.390. The maximum atomic E-state index is 11.2. The molecule has 1 saturated heterocycles. The van der Waals surface area contributed by atoms with Gasteiger partial charge in [-0.05, 0) is 18.2 Å². The van der Waals surface area contributed by atoms with E-state index in [1.54, 1.807) is 6.07 Å². The molecule has 2 aliphatic heterocycles. The molecule has 1 amide bonds. The molecule has 0 saturated carbocycles. The molecule has 1 aromatic carbocycles. The summed E-state index contributed by atoms with van der Waals surface area (Å²) in [6.45, 7) is 4.15. The van der Waals surface area contributed by atoms with Crippen LogP contribution in [0.4, 0.5) is 5.69 Å². The lowest BCUT2D eigenvalue weighted by Crippen LogP contribution is -2.53. The molecule has 1 fully saturated rings. The van der Waals surface area contributed by atoms with Crippen molar-refractivity contribution in [3.05, 3.63) is 29.3 Å². The summed E-state index contributed by atoms with van der Waals surface area (Å²) >= 11 is 0. The largest absolute Gasteiger partial charge is 0.375 e. The van der Waals surface area contributed by atoms with E-state index in [-0.39, 0.29) is 5.91 Å². The molecule has 1 unspecified atom stereocenters. The van der Waals surface area contributed by atoms with Crippen LogP contribution in [0.25, 0.3) is 0 Å². The van der Waals surface area contributed by atoms with E-state index < -0.39 is 0 Å². The van der Waals surface area contributed by atoms with Crippen LogP contribution in [0.2, 0.25) is 0 Å². The molecule has 2 heterocycles. The van der Waals surface area contributed by atoms with Crippen molar-refractivity contribution in [3.8, 4) is 0 Å². The third-order valence-corrected chi connectivity index (χ3v) is 3.59. The second-order valence-electron chi connectivity index (χ2n) is 4.77. The number of benzene rings is 1. The predicted molar refractivity (Wildman–Crippen MR) is 68.6 cm³/mol. The molecule has 0 spiro atoms. The molecule has 5 nitrogen and oxygen atoms in total. The van der Waals surface area contributed by atoms with E-state index in [1.807, 2.05) is 12.1 Å². The first-order valence-corrected chi connectivity index (χ1v) is 6.23. The van der Waals surface area contributed by atoms with Gasteiger partial charge in [0.2, 0.25) is 5.91 Å². The van der Waals surface area contributed by atoms with Crippen molar-refractivity contribution in [2.75, 3.05) is 31.1 Å². The highest BCUT2D eigenvalue weighted by Gasteiger charge is 2.27. The van der Waals surface area contributed by atoms with Gasteiger partial charge < -0.3 is 20.7 Å². The Balaban J connectivity index is 1.99. The molecule has 18 heavy (non-hydrogen) atoms. The molecule has 3 rings (SSSR count). The van der Waals surface area contributed by atoms with Gasteiger partial charge in [-0.15, -0.1) is 0 Å². The summed E-state index contributed by atoms with van der Waals surface area (Å²) < 4.78 is 5.69. The topological polar surface area (TPSA) is 67.6 Å². The molecule has 96 valence electrons. The van der Waals surface area contributed by atoms with Gasteiger partial charge in [-0.25, -0.2) is 0 Å². The molecular formula is C13H17N3O2. The van der Waals surface area contributed by atoms with Crippen LogP contribution in [0.15, 0.2) is 18.2 Å². The van der Waals surface area contributed by atoms with Crippen molar-refractivity contribution in [1.29, 1.82) is 0 Å². The van der Waals surface area contributed by atoms with Crippen LogP contribution in [-0.2, 0) is 11.3 Å². The highest BCUT2D eigenvalue weighted by molar-refractivity contribution is 5.93. The summed E-state index contributed by atoms with van der Waals surface area (Å²) in [4.78, 5) is 13.6. The average Bonchev–Trinajstić information content (AvgIpc) is 2.57. The molecule has 3 N–H and O–H groups in total. The number of carbonyl (C=O) groups is 1. The highest BCUT2D eigenvalue weighted by atomic mass is 16.5. The van der Waals surface area contributed by atoms with Crippen LogP contribution < -0.4 is 16.0 Å². The zero-order valence-electron chi connectivity index (χ0n) is 10.2. The Hall–Kier alpha value is -1.59. The number of rotatable bonds is 1. The Morgan fingerprint density at radius 1 is 1.50 bits per heavy atom. The maximum absolute atomic E-state index is 11.2. The van der Waals surface area contributed by atoms with Gasteiger partial charge in [0, 0.05) is 36.4 Å².